The van der Waals surface area contributed by atoms with Crippen molar-refractivity contribution in [2.75, 3.05) is 6.54 Å². The fourth-order valence-corrected chi connectivity index (χ4v) is 4.00. The number of rotatable bonds is 2. The third-order valence-corrected chi connectivity index (χ3v) is 5.33. The lowest BCUT2D eigenvalue weighted by Crippen LogP contribution is -2.50. The summed E-state index contributed by atoms with van der Waals surface area (Å²) in [7, 11) is 0. The Bertz CT molecular complexity index is 728. The van der Waals surface area contributed by atoms with Crippen LogP contribution in [0.3, 0.4) is 0 Å². The van der Waals surface area contributed by atoms with E-state index in [9.17, 15) is 9.90 Å². The summed E-state index contributed by atoms with van der Waals surface area (Å²) in [6.07, 6.45) is 3.52. The van der Waals surface area contributed by atoms with Crippen LogP contribution in [0.2, 0.25) is 0 Å². The van der Waals surface area contributed by atoms with Crippen molar-refractivity contribution in [3.8, 4) is 0 Å². The lowest BCUT2D eigenvalue weighted by Gasteiger charge is -2.45. The Labute approximate surface area is 123 Å². The maximum atomic E-state index is 11.8. The second kappa shape index (κ2) is 4.34. The first-order chi connectivity index (χ1) is 10.1. The van der Waals surface area contributed by atoms with Gasteiger partial charge in [-0.2, -0.15) is 0 Å². The molecule has 1 aromatic carbocycles. The maximum Gasteiger partial charge on any atom is 0.311 e. The third-order valence-electron chi connectivity index (χ3n) is 5.33. The molecular weight excluding hydrogens is 264 g/mol. The van der Waals surface area contributed by atoms with E-state index in [1.165, 1.54) is 16.5 Å². The van der Waals surface area contributed by atoms with E-state index in [0.29, 0.717) is 0 Å². The fourth-order valence-electron chi connectivity index (χ4n) is 4.00. The number of aliphatic carboxylic acids is 1. The molecule has 4 heteroatoms. The predicted molar refractivity (Wildman–Crippen MR) is 81.4 cm³/mol. The summed E-state index contributed by atoms with van der Waals surface area (Å²) in [5.41, 5.74) is 4.16. The summed E-state index contributed by atoms with van der Waals surface area (Å²) in [5.74, 6) is -0.658. The summed E-state index contributed by atoms with van der Waals surface area (Å²) in [6, 6.07) is 6.33. The molecule has 2 aromatic rings. The molecule has 0 saturated heterocycles. The lowest BCUT2D eigenvalue weighted by atomic mass is 9.62. The number of fused-ring (bicyclic) bond motifs is 3. The molecule has 1 fully saturated rings. The SMILES string of the molecule is Cc1ccc2[nH]c3c(c2c1)CCNC3C1(C(=O)O)CCC1. The maximum absolute atomic E-state index is 11.8. The van der Waals surface area contributed by atoms with Gasteiger partial charge < -0.3 is 15.4 Å². The number of aromatic nitrogens is 1. The Balaban J connectivity index is 1.88. The first kappa shape index (κ1) is 12.9. The van der Waals surface area contributed by atoms with Gasteiger partial charge in [0.2, 0.25) is 0 Å². The Morgan fingerprint density at radius 2 is 2.19 bits per heavy atom. The highest BCUT2D eigenvalue weighted by atomic mass is 16.4. The molecular formula is C17H20N2O2. The van der Waals surface area contributed by atoms with Crippen LogP contribution in [-0.2, 0) is 11.2 Å². The number of aromatic amines is 1. The van der Waals surface area contributed by atoms with Gasteiger partial charge in [0.25, 0.3) is 0 Å². The fraction of sp³-hybridized carbons (Fsp3) is 0.471. The van der Waals surface area contributed by atoms with Crippen LogP contribution >= 0.6 is 0 Å². The molecule has 1 aliphatic carbocycles. The minimum Gasteiger partial charge on any atom is -0.481 e. The number of nitrogens with one attached hydrogen (secondary N) is 2. The van der Waals surface area contributed by atoms with E-state index in [-0.39, 0.29) is 6.04 Å². The molecule has 0 spiro atoms. The van der Waals surface area contributed by atoms with Crippen LogP contribution in [0.25, 0.3) is 10.9 Å². The first-order valence-electron chi connectivity index (χ1n) is 7.70. The van der Waals surface area contributed by atoms with Gasteiger partial charge in [-0.3, -0.25) is 4.79 Å². The standard InChI is InChI=1S/C17H20N2O2/c1-10-3-4-13-12(9-10)11-5-8-18-15(14(11)19-13)17(16(20)21)6-2-7-17/h3-4,9,15,18-19H,2,5-8H2,1H3,(H,20,21). The molecule has 21 heavy (non-hydrogen) atoms. The van der Waals surface area contributed by atoms with Crippen molar-refractivity contribution in [1.82, 2.24) is 10.3 Å². The molecule has 1 saturated carbocycles. The molecule has 1 atom stereocenters. The van der Waals surface area contributed by atoms with Gasteiger partial charge in [-0.25, -0.2) is 0 Å². The third kappa shape index (κ3) is 1.69. The molecule has 1 aromatic heterocycles. The van der Waals surface area contributed by atoms with Crippen molar-refractivity contribution in [1.29, 1.82) is 0 Å². The van der Waals surface area contributed by atoms with Crippen LogP contribution in [0.5, 0.6) is 0 Å². The highest BCUT2D eigenvalue weighted by molar-refractivity contribution is 5.86. The predicted octanol–water partition coefficient (Wildman–Crippen LogP) is 2.92. The zero-order valence-electron chi connectivity index (χ0n) is 12.2. The van der Waals surface area contributed by atoms with E-state index in [2.05, 4.69) is 35.4 Å². The quantitative estimate of drug-likeness (QED) is 0.794. The van der Waals surface area contributed by atoms with E-state index < -0.39 is 11.4 Å². The molecule has 2 aliphatic rings. The number of H-pyrrole nitrogens is 1. The van der Waals surface area contributed by atoms with Crippen molar-refractivity contribution in [3.05, 3.63) is 35.0 Å². The van der Waals surface area contributed by atoms with Crippen molar-refractivity contribution in [2.45, 2.75) is 38.6 Å². The van der Waals surface area contributed by atoms with Crippen LogP contribution in [0.4, 0.5) is 0 Å². The van der Waals surface area contributed by atoms with Crippen molar-refractivity contribution < 1.29 is 9.90 Å². The van der Waals surface area contributed by atoms with Gasteiger partial charge in [0.05, 0.1) is 11.5 Å². The van der Waals surface area contributed by atoms with Crippen LogP contribution in [-0.4, -0.2) is 22.6 Å². The molecule has 4 nitrogen and oxygen atoms in total. The molecule has 2 heterocycles. The Kier molecular flexibility index (Phi) is 2.67. The van der Waals surface area contributed by atoms with Crippen molar-refractivity contribution in [3.63, 3.8) is 0 Å². The second-order valence-electron chi connectivity index (χ2n) is 6.52. The van der Waals surface area contributed by atoms with Gasteiger partial charge >= 0.3 is 5.97 Å². The molecule has 4 rings (SSSR count). The minimum absolute atomic E-state index is 0.0831. The van der Waals surface area contributed by atoms with Gasteiger partial charge in [-0.05, 0) is 50.4 Å². The topological polar surface area (TPSA) is 65.1 Å². The Hall–Kier alpha value is -1.81. The number of hydrogen-bond donors (Lipinski definition) is 3. The van der Waals surface area contributed by atoms with E-state index in [0.717, 1.165) is 43.4 Å². The average molecular weight is 284 g/mol. The van der Waals surface area contributed by atoms with Crippen LogP contribution in [0.1, 0.15) is 42.1 Å². The summed E-state index contributed by atoms with van der Waals surface area (Å²) in [4.78, 5) is 15.3. The highest BCUT2D eigenvalue weighted by Crippen LogP contribution is 2.52. The number of carboxylic acid groups (broad SMARTS) is 1. The molecule has 0 bridgehead atoms. The van der Waals surface area contributed by atoms with E-state index in [1.807, 2.05) is 0 Å². The number of carboxylic acids is 1. The van der Waals surface area contributed by atoms with Gasteiger partial charge in [0.1, 0.15) is 0 Å². The monoisotopic (exact) mass is 284 g/mol. The van der Waals surface area contributed by atoms with Crippen LogP contribution in [0, 0.1) is 12.3 Å². The molecule has 0 amide bonds. The summed E-state index contributed by atoms with van der Waals surface area (Å²) >= 11 is 0. The Morgan fingerprint density at radius 1 is 1.38 bits per heavy atom. The second-order valence-corrected chi connectivity index (χ2v) is 6.52. The number of carbonyl (C=O) groups is 1. The minimum atomic E-state index is -0.658. The Morgan fingerprint density at radius 3 is 2.86 bits per heavy atom. The smallest absolute Gasteiger partial charge is 0.311 e. The summed E-state index contributed by atoms with van der Waals surface area (Å²) < 4.78 is 0. The largest absolute Gasteiger partial charge is 0.481 e. The zero-order chi connectivity index (χ0) is 14.6. The number of benzene rings is 1. The molecule has 0 radical (unpaired) electrons. The molecule has 1 unspecified atom stereocenters. The molecule has 110 valence electrons. The first-order valence-corrected chi connectivity index (χ1v) is 7.70. The molecule has 1 aliphatic heterocycles. The van der Waals surface area contributed by atoms with Gasteiger partial charge in [0.15, 0.2) is 0 Å². The van der Waals surface area contributed by atoms with Crippen molar-refractivity contribution >= 4 is 16.9 Å². The number of aryl methyl sites for hydroxylation is 1. The van der Waals surface area contributed by atoms with Crippen LogP contribution in [0.15, 0.2) is 18.2 Å². The highest BCUT2D eigenvalue weighted by Gasteiger charge is 2.52. The number of hydrogen-bond acceptors (Lipinski definition) is 2. The van der Waals surface area contributed by atoms with Crippen molar-refractivity contribution in [2.24, 2.45) is 5.41 Å². The van der Waals surface area contributed by atoms with E-state index in [4.69, 9.17) is 0 Å². The van der Waals surface area contributed by atoms with Gasteiger partial charge in [-0.15, -0.1) is 0 Å². The van der Waals surface area contributed by atoms with E-state index in [1.54, 1.807) is 0 Å². The lowest BCUT2D eigenvalue weighted by molar-refractivity contribution is -0.158. The molecule has 3 N–H and O–H groups in total. The van der Waals surface area contributed by atoms with Crippen LogP contribution < -0.4 is 5.32 Å². The van der Waals surface area contributed by atoms with Gasteiger partial charge in [0, 0.05) is 16.6 Å². The van der Waals surface area contributed by atoms with E-state index >= 15 is 0 Å². The van der Waals surface area contributed by atoms with Gasteiger partial charge in [-0.1, -0.05) is 18.1 Å². The summed E-state index contributed by atoms with van der Waals surface area (Å²) in [5, 5.41) is 14.5. The normalized spacial score (nSPS) is 23.6. The average Bonchev–Trinajstić information content (AvgIpc) is 2.76. The zero-order valence-corrected chi connectivity index (χ0v) is 12.2. The summed E-state index contributed by atoms with van der Waals surface area (Å²) in [6.45, 7) is 2.95.